The standard InChI is InChI=1S/C18H21N3O2/c1-2-3-11-20-17(22)14-7-9-15(10-8-14)18(23)21-13-16-6-4-5-12-19-16/h4-10,12H,2-3,11,13H2,1H3,(H,20,22)(H,21,23). The summed E-state index contributed by atoms with van der Waals surface area (Å²) in [7, 11) is 0. The van der Waals surface area contributed by atoms with Crippen LogP contribution >= 0.6 is 0 Å². The Balaban J connectivity index is 1.88. The van der Waals surface area contributed by atoms with Crippen LogP contribution in [-0.4, -0.2) is 23.3 Å². The van der Waals surface area contributed by atoms with Crippen molar-refractivity contribution in [2.24, 2.45) is 0 Å². The van der Waals surface area contributed by atoms with Crippen LogP contribution in [-0.2, 0) is 6.54 Å². The van der Waals surface area contributed by atoms with Gasteiger partial charge in [-0.25, -0.2) is 0 Å². The first-order valence-electron chi connectivity index (χ1n) is 7.77. The third kappa shape index (κ3) is 5.21. The highest BCUT2D eigenvalue weighted by Crippen LogP contribution is 2.05. The average Bonchev–Trinajstić information content (AvgIpc) is 2.61. The van der Waals surface area contributed by atoms with E-state index in [1.165, 1.54) is 0 Å². The molecule has 0 spiro atoms. The lowest BCUT2D eigenvalue weighted by molar-refractivity contribution is 0.0940. The van der Waals surface area contributed by atoms with E-state index < -0.39 is 0 Å². The van der Waals surface area contributed by atoms with Gasteiger partial charge in [0.1, 0.15) is 0 Å². The molecule has 1 aromatic heterocycles. The fraction of sp³-hybridized carbons (Fsp3) is 0.278. The SMILES string of the molecule is CCCCNC(=O)c1ccc(C(=O)NCc2ccccn2)cc1. The number of nitrogens with one attached hydrogen (secondary N) is 2. The van der Waals surface area contributed by atoms with Crippen LogP contribution in [0.25, 0.3) is 0 Å². The molecule has 2 aromatic rings. The summed E-state index contributed by atoms with van der Waals surface area (Å²) in [5, 5.41) is 5.65. The summed E-state index contributed by atoms with van der Waals surface area (Å²) in [6.45, 7) is 3.12. The van der Waals surface area contributed by atoms with Gasteiger partial charge in [0.2, 0.25) is 0 Å². The summed E-state index contributed by atoms with van der Waals surface area (Å²) in [6.07, 6.45) is 3.68. The number of carbonyl (C=O) groups excluding carboxylic acids is 2. The zero-order valence-corrected chi connectivity index (χ0v) is 13.2. The molecule has 0 bridgehead atoms. The first-order valence-corrected chi connectivity index (χ1v) is 7.77. The Kier molecular flexibility index (Phi) is 6.29. The van der Waals surface area contributed by atoms with Crippen molar-refractivity contribution >= 4 is 11.8 Å². The second-order valence-corrected chi connectivity index (χ2v) is 5.19. The third-order valence-corrected chi connectivity index (χ3v) is 3.38. The molecule has 1 aromatic carbocycles. The van der Waals surface area contributed by atoms with Gasteiger partial charge in [0.15, 0.2) is 0 Å². The van der Waals surface area contributed by atoms with Crippen LogP contribution in [0.1, 0.15) is 46.2 Å². The average molecular weight is 311 g/mol. The van der Waals surface area contributed by atoms with Gasteiger partial charge in [-0.1, -0.05) is 19.4 Å². The highest BCUT2D eigenvalue weighted by Gasteiger charge is 2.08. The van der Waals surface area contributed by atoms with E-state index in [-0.39, 0.29) is 11.8 Å². The van der Waals surface area contributed by atoms with E-state index in [0.717, 1.165) is 18.5 Å². The molecule has 2 rings (SSSR count). The van der Waals surface area contributed by atoms with Crippen LogP contribution in [0.15, 0.2) is 48.7 Å². The van der Waals surface area contributed by atoms with E-state index in [1.807, 2.05) is 18.2 Å². The molecule has 0 unspecified atom stereocenters. The maximum Gasteiger partial charge on any atom is 0.251 e. The number of hydrogen-bond donors (Lipinski definition) is 2. The van der Waals surface area contributed by atoms with Crippen LogP contribution in [0.4, 0.5) is 0 Å². The molecule has 2 amide bonds. The number of hydrogen-bond acceptors (Lipinski definition) is 3. The Bertz CT molecular complexity index is 639. The molecule has 0 atom stereocenters. The quantitative estimate of drug-likeness (QED) is 0.772. The van der Waals surface area contributed by atoms with Gasteiger partial charge in [-0.15, -0.1) is 0 Å². The van der Waals surface area contributed by atoms with Crippen molar-refractivity contribution in [3.05, 3.63) is 65.5 Å². The fourth-order valence-electron chi connectivity index (χ4n) is 2.03. The molecule has 0 radical (unpaired) electrons. The highest BCUT2D eigenvalue weighted by molar-refractivity contribution is 5.97. The first kappa shape index (κ1) is 16.7. The van der Waals surface area contributed by atoms with Crippen molar-refractivity contribution in [3.8, 4) is 0 Å². The molecule has 120 valence electrons. The maximum atomic E-state index is 12.1. The van der Waals surface area contributed by atoms with Crippen molar-refractivity contribution in [1.29, 1.82) is 0 Å². The number of rotatable bonds is 7. The number of amides is 2. The smallest absolute Gasteiger partial charge is 0.251 e. The van der Waals surface area contributed by atoms with Crippen molar-refractivity contribution < 1.29 is 9.59 Å². The number of nitrogens with zero attached hydrogens (tertiary/aromatic N) is 1. The topological polar surface area (TPSA) is 71.1 Å². The van der Waals surface area contributed by atoms with Crippen LogP contribution < -0.4 is 10.6 Å². The minimum Gasteiger partial charge on any atom is -0.352 e. The highest BCUT2D eigenvalue weighted by atomic mass is 16.2. The summed E-state index contributed by atoms with van der Waals surface area (Å²) in [5.74, 6) is -0.299. The van der Waals surface area contributed by atoms with Gasteiger partial charge in [0.25, 0.3) is 11.8 Å². The van der Waals surface area contributed by atoms with Crippen molar-refractivity contribution in [3.63, 3.8) is 0 Å². The van der Waals surface area contributed by atoms with Gasteiger partial charge in [-0.2, -0.15) is 0 Å². The van der Waals surface area contributed by atoms with Crippen LogP contribution in [0, 0.1) is 0 Å². The Hall–Kier alpha value is -2.69. The van der Waals surface area contributed by atoms with E-state index in [2.05, 4.69) is 22.5 Å². The minimum atomic E-state index is -0.186. The number of aromatic nitrogens is 1. The molecule has 0 aliphatic carbocycles. The molecule has 0 aliphatic rings. The minimum absolute atomic E-state index is 0.112. The van der Waals surface area contributed by atoms with Gasteiger partial charge in [-0.3, -0.25) is 14.6 Å². The molecule has 5 nitrogen and oxygen atoms in total. The van der Waals surface area contributed by atoms with Gasteiger partial charge in [-0.05, 0) is 42.8 Å². The molecule has 2 N–H and O–H groups in total. The largest absolute Gasteiger partial charge is 0.352 e. The molecule has 0 aliphatic heterocycles. The summed E-state index contributed by atoms with van der Waals surface area (Å²) >= 11 is 0. The Morgan fingerprint density at radius 3 is 2.17 bits per heavy atom. The molecule has 1 heterocycles. The summed E-state index contributed by atoms with van der Waals surface area (Å²) in [5.41, 5.74) is 1.88. The fourth-order valence-corrected chi connectivity index (χ4v) is 2.03. The maximum absolute atomic E-state index is 12.1. The predicted molar refractivity (Wildman–Crippen MR) is 89.1 cm³/mol. The molecular weight excluding hydrogens is 290 g/mol. The first-order chi connectivity index (χ1) is 11.2. The number of unbranched alkanes of at least 4 members (excludes halogenated alkanes) is 1. The zero-order chi connectivity index (χ0) is 16.5. The normalized spacial score (nSPS) is 10.1. The number of carbonyl (C=O) groups is 2. The second-order valence-electron chi connectivity index (χ2n) is 5.19. The van der Waals surface area contributed by atoms with Gasteiger partial charge >= 0.3 is 0 Å². The van der Waals surface area contributed by atoms with E-state index >= 15 is 0 Å². The Morgan fingerprint density at radius 1 is 0.957 bits per heavy atom. The van der Waals surface area contributed by atoms with Crippen LogP contribution in [0.3, 0.4) is 0 Å². The lowest BCUT2D eigenvalue weighted by Gasteiger charge is -2.07. The molecule has 0 fully saturated rings. The molecular formula is C18H21N3O2. The molecule has 23 heavy (non-hydrogen) atoms. The Morgan fingerprint density at radius 2 is 1.61 bits per heavy atom. The van der Waals surface area contributed by atoms with Crippen molar-refractivity contribution in [2.45, 2.75) is 26.3 Å². The number of benzene rings is 1. The predicted octanol–water partition coefficient (Wildman–Crippen LogP) is 2.54. The van der Waals surface area contributed by atoms with E-state index in [4.69, 9.17) is 0 Å². The molecule has 0 saturated carbocycles. The van der Waals surface area contributed by atoms with Crippen molar-refractivity contribution in [1.82, 2.24) is 15.6 Å². The van der Waals surface area contributed by atoms with Crippen molar-refractivity contribution in [2.75, 3.05) is 6.54 Å². The van der Waals surface area contributed by atoms with Crippen LogP contribution in [0.2, 0.25) is 0 Å². The van der Waals surface area contributed by atoms with Gasteiger partial charge in [0, 0.05) is 23.9 Å². The molecule has 5 heteroatoms. The van der Waals surface area contributed by atoms with E-state index in [1.54, 1.807) is 30.5 Å². The van der Waals surface area contributed by atoms with E-state index in [0.29, 0.717) is 24.2 Å². The monoisotopic (exact) mass is 311 g/mol. The lowest BCUT2D eigenvalue weighted by atomic mass is 10.1. The summed E-state index contributed by atoms with van der Waals surface area (Å²) in [6, 6.07) is 12.2. The zero-order valence-electron chi connectivity index (χ0n) is 13.2. The Labute approximate surface area is 136 Å². The lowest BCUT2D eigenvalue weighted by Crippen LogP contribution is -2.25. The number of pyridine rings is 1. The third-order valence-electron chi connectivity index (χ3n) is 3.38. The van der Waals surface area contributed by atoms with Gasteiger partial charge < -0.3 is 10.6 Å². The van der Waals surface area contributed by atoms with Crippen LogP contribution in [0.5, 0.6) is 0 Å². The van der Waals surface area contributed by atoms with E-state index in [9.17, 15) is 9.59 Å². The second kappa shape index (κ2) is 8.68. The molecule has 0 saturated heterocycles. The summed E-state index contributed by atoms with van der Waals surface area (Å²) < 4.78 is 0. The summed E-state index contributed by atoms with van der Waals surface area (Å²) in [4.78, 5) is 28.1. The van der Waals surface area contributed by atoms with Gasteiger partial charge in [0.05, 0.1) is 12.2 Å².